The molecule has 1 aromatic rings. The van der Waals surface area contributed by atoms with Gasteiger partial charge in [-0.15, -0.1) is 0 Å². The Bertz CT molecular complexity index is 379. The molecule has 2 unspecified atom stereocenters. The molecule has 1 aromatic carbocycles. The Labute approximate surface area is 118 Å². The van der Waals surface area contributed by atoms with Gasteiger partial charge in [0.15, 0.2) is 0 Å². The predicted molar refractivity (Wildman–Crippen MR) is 78.7 cm³/mol. The Hall–Kier alpha value is -0.380. The minimum Gasteiger partial charge on any atom is -0.367 e. The van der Waals surface area contributed by atoms with E-state index < -0.39 is 0 Å². The van der Waals surface area contributed by atoms with Gasteiger partial charge < -0.3 is 10.1 Å². The lowest BCUT2D eigenvalue weighted by atomic mass is 9.94. The molecule has 2 atom stereocenters. The summed E-state index contributed by atoms with van der Waals surface area (Å²) in [5.41, 5.74) is 1.25. The van der Waals surface area contributed by atoms with E-state index in [0.29, 0.717) is 12.0 Å². The van der Waals surface area contributed by atoms with Gasteiger partial charge in [-0.2, -0.15) is 0 Å². The van der Waals surface area contributed by atoms with E-state index in [1.54, 1.807) is 0 Å². The molecule has 0 bridgehead atoms. The molecule has 18 heavy (non-hydrogen) atoms. The molecule has 0 saturated carbocycles. The van der Waals surface area contributed by atoms with Gasteiger partial charge in [-0.25, -0.2) is 0 Å². The number of hydrogen-bond donors (Lipinski definition) is 1. The Balaban J connectivity index is 2.09. The van der Waals surface area contributed by atoms with E-state index in [1.807, 2.05) is 6.07 Å². The summed E-state index contributed by atoms with van der Waals surface area (Å²) >= 11 is 3.62. The Kier molecular flexibility index (Phi) is 5.22. The highest BCUT2D eigenvalue weighted by Crippen LogP contribution is 2.31. The first-order valence-electron chi connectivity index (χ1n) is 6.86. The van der Waals surface area contributed by atoms with Crippen molar-refractivity contribution in [3.05, 3.63) is 34.3 Å². The number of ether oxygens (including phenoxy) is 1. The summed E-state index contributed by atoms with van der Waals surface area (Å²) in [6.45, 7) is 6.38. The standard InChI is InChI=1S/C15H22BrNO/c1-3-11(4-2)14-9-17-10-15(18-14)12-7-5-6-8-13(12)16/h5-8,11,14-15,17H,3-4,9-10H2,1-2H3. The maximum Gasteiger partial charge on any atom is 0.0964 e. The van der Waals surface area contributed by atoms with Crippen molar-refractivity contribution in [3.63, 3.8) is 0 Å². The maximum atomic E-state index is 6.30. The van der Waals surface area contributed by atoms with E-state index in [0.717, 1.165) is 17.6 Å². The lowest BCUT2D eigenvalue weighted by Gasteiger charge is -2.35. The second-order valence-corrected chi connectivity index (χ2v) is 5.77. The second kappa shape index (κ2) is 6.69. The molecule has 0 radical (unpaired) electrons. The number of benzene rings is 1. The van der Waals surface area contributed by atoms with E-state index in [1.165, 1.54) is 18.4 Å². The molecule has 1 heterocycles. The molecule has 1 aliphatic rings. The molecule has 1 saturated heterocycles. The third-order valence-corrected chi connectivity index (χ3v) is 4.56. The zero-order chi connectivity index (χ0) is 13.0. The summed E-state index contributed by atoms with van der Waals surface area (Å²) in [5, 5.41) is 3.51. The molecule has 2 nitrogen and oxygen atoms in total. The fraction of sp³-hybridized carbons (Fsp3) is 0.600. The number of halogens is 1. The number of nitrogens with one attached hydrogen (secondary N) is 1. The van der Waals surface area contributed by atoms with Gasteiger partial charge >= 0.3 is 0 Å². The highest BCUT2D eigenvalue weighted by molar-refractivity contribution is 9.10. The Morgan fingerprint density at radius 1 is 1.28 bits per heavy atom. The molecule has 1 N–H and O–H groups in total. The van der Waals surface area contributed by atoms with Crippen molar-refractivity contribution in [2.45, 2.75) is 38.9 Å². The van der Waals surface area contributed by atoms with Crippen LogP contribution >= 0.6 is 15.9 Å². The summed E-state index contributed by atoms with van der Waals surface area (Å²) in [7, 11) is 0. The smallest absolute Gasteiger partial charge is 0.0964 e. The number of morpholine rings is 1. The van der Waals surface area contributed by atoms with Crippen LogP contribution in [0.4, 0.5) is 0 Å². The predicted octanol–water partition coefficient (Wildman–Crippen LogP) is 3.91. The fourth-order valence-corrected chi connectivity index (χ4v) is 3.22. The van der Waals surface area contributed by atoms with Gasteiger partial charge in [0.1, 0.15) is 0 Å². The van der Waals surface area contributed by atoms with Gasteiger partial charge in [0.25, 0.3) is 0 Å². The molecular weight excluding hydrogens is 290 g/mol. The van der Waals surface area contributed by atoms with E-state index in [9.17, 15) is 0 Å². The van der Waals surface area contributed by atoms with Crippen molar-refractivity contribution in [1.29, 1.82) is 0 Å². The van der Waals surface area contributed by atoms with Gasteiger partial charge in [-0.1, -0.05) is 60.8 Å². The van der Waals surface area contributed by atoms with Crippen LogP contribution in [0.15, 0.2) is 28.7 Å². The lowest BCUT2D eigenvalue weighted by Crippen LogP contribution is -2.44. The Morgan fingerprint density at radius 2 is 2.00 bits per heavy atom. The van der Waals surface area contributed by atoms with E-state index in [-0.39, 0.29) is 6.10 Å². The zero-order valence-corrected chi connectivity index (χ0v) is 12.7. The van der Waals surface area contributed by atoms with Crippen LogP contribution in [0.3, 0.4) is 0 Å². The maximum absolute atomic E-state index is 6.30. The fourth-order valence-electron chi connectivity index (χ4n) is 2.68. The topological polar surface area (TPSA) is 21.3 Å². The summed E-state index contributed by atoms with van der Waals surface area (Å²) in [5.74, 6) is 0.655. The first-order chi connectivity index (χ1) is 8.76. The number of hydrogen-bond acceptors (Lipinski definition) is 2. The van der Waals surface area contributed by atoms with Gasteiger partial charge in [-0.3, -0.25) is 0 Å². The molecule has 0 spiro atoms. The molecule has 2 rings (SSSR count). The molecule has 100 valence electrons. The monoisotopic (exact) mass is 311 g/mol. The van der Waals surface area contributed by atoms with E-state index >= 15 is 0 Å². The molecular formula is C15H22BrNO. The summed E-state index contributed by atoms with van der Waals surface area (Å²) in [6.07, 6.45) is 2.88. The SMILES string of the molecule is CCC(CC)C1CNCC(c2ccccc2Br)O1. The molecule has 0 amide bonds. The molecule has 3 heteroatoms. The minimum atomic E-state index is 0.167. The van der Waals surface area contributed by atoms with E-state index in [4.69, 9.17) is 4.74 Å². The van der Waals surface area contributed by atoms with Crippen LogP contribution in [-0.2, 0) is 4.74 Å². The Morgan fingerprint density at radius 3 is 2.67 bits per heavy atom. The van der Waals surface area contributed by atoms with Crippen LogP contribution in [0.2, 0.25) is 0 Å². The number of rotatable bonds is 4. The summed E-state index contributed by atoms with van der Waals surface area (Å²) in [6, 6.07) is 8.34. The van der Waals surface area contributed by atoms with Gasteiger partial charge in [0, 0.05) is 17.6 Å². The molecule has 0 aliphatic carbocycles. The normalized spacial score (nSPS) is 24.4. The van der Waals surface area contributed by atoms with Gasteiger partial charge in [-0.05, 0) is 17.5 Å². The average Bonchev–Trinajstić information content (AvgIpc) is 2.41. The van der Waals surface area contributed by atoms with Crippen LogP contribution < -0.4 is 5.32 Å². The molecule has 0 aromatic heterocycles. The van der Waals surface area contributed by atoms with Crippen molar-refractivity contribution in [3.8, 4) is 0 Å². The van der Waals surface area contributed by atoms with Crippen molar-refractivity contribution < 1.29 is 4.74 Å². The lowest BCUT2D eigenvalue weighted by molar-refractivity contribution is -0.0691. The van der Waals surface area contributed by atoms with Crippen LogP contribution in [0.25, 0.3) is 0 Å². The first kappa shape index (κ1) is 14.0. The van der Waals surface area contributed by atoms with Crippen molar-refractivity contribution in [1.82, 2.24) is 5.32 Å². The first-order valence-corrected chi connectivity index (χ1v) is 7.66. The summed E-state index contributed by atoms with van der Waals surface area (Å²) in [4.78, 5) is 0. The third-order valence-electron chi connectivity index (χ3n) is 3.84. The molecule has 1 fully saturated rings. The van der Waals surface area contributed by atoms with Crippen LogP contribution in [0.5, 0.6) is 0 Å². The molecule has 1 aliphatic heterocycles. The van der Waals surface area contributed by atoms with Crippen LogP contribution in [0.1, 0.15) is 38.4 Å². The summed E-state index contributed by atoms with van der Waals surface area (Å²) < 4.78 is 7.45. The van der Waals surface area contributed by atoms with Gasteiger partial charge in [0.2, 0.25) is 0 Å². The van der Waals surface area contributed by atoms with Crippen molar-refractivity contribution in [2.75, 3.05) is 13.1 Å². The van der Waals surface area contributed by atoms with Crippen molar-refractivity contribution in [2.24, 2.45) is 5.92 Å². The van der Waals surface area contributed by atoms with Crippen LogP contribution in [-0.4, -0.2) is 19.2 Å². The average molecular weight is 312 g/mol. The second-order valence-electron chi connectivity index (χ2n) is 4.92. The van der Waals surface area contributed by atoms with Crippen LogP contribution in [0, 0.1) is 5.92 Å². The largest absolute Gasteiger partial charge is 0.367 e. The van der Waals surface area contributed by atoms with Crippen molar-refractivity contribution >= 4 is 15.9 Å². The highest BCUT2D eigenvalue weighted by Gasteiger charge is 2.28. The third kappa shape index (κ3) is 3.14. The van der Waals surface area contributed by atoms with E-state index in [2.05, 4.69) is 53.3 Å². The minimum absolute atomic E-state index is 0.167. The quantitative estimate of drug-likeness (QED) is 0.910. The van der Waals surface area contributed by atoms with Gasteiger partial charge in [0.05, 0.1) is 12.2 Å². The zero-order valence-electron chi connectivity index (χ0n) is 11.2. The highest BCUT2D eigenvalue weighted by atomic mass is 79.9.